The van der Waals surface area contributed by atoms with Crippen LogP contribution in [0.3, 0.4) is 0 Å². The van der Waals surface area contributed by atoms with Gasteiger partial charge in [-0.05, 0) is 102 Å². The number of hydrogen-bond donors (Lipinski definition) is 0. The normalized spacial score (nSPS) is 14.3. The third-order valence-corrected chi connectivity index (χ3v) is 18.1. The highest BCUT2D eigenvalue weighted by Crippen LogP contribution is 2.45. The summed E-state index contributed by atoms with van der Waals surface area (Å²) in [4.78, 5) is 2.44. The molecule has 1 aliphatic carbocycles. The summed E-state index contributed by atoms with van der Waals surface area (Å²) in [5.74, 6) is 3.41. The van der Waals surface area contributed by atoms with E-state index in [4.69, 9.17) is 9.47 Å². The molecule has 5 heteroatoms. The van der Waals surface area contributed by atoms with Gasteiger partial charge >= 0.3 is 0 Å². The Morgan fingerprint density at radius 2 is 0.967 bits per heavy atom. The molecule has 3 aliphatic heterocycles. The highest BCUT2D eigenvalue weighted by atomic mass is 28.3. The van der Waals surface area contributed by atoms with Gasteiger partial charge in [0.1, 0.15) is 23.0 Å². The first-order valence-electron chi connectivity index (χ1n) is 20.8. The zero-order valence-corrected chi connectivity index (χ0v) is 33.7. The van der Waals surface area contributed by atoms with Crippen LogP contribution in [0.25, 0.3) is 22.3 Å². The summed E-state index contributed by atoms with van der Waals surface area (Å²) < 4.78 is 14.0. The maximum atomic E-state index is 7.14. The van der Waals surface area contributed by atoms with Crippen molar-refractivity contribution in [2.24, 2.45) is 0 Å². The Hall–Kier alpha value is -7.34. The lowest BCUT2D eigenvalue weighted by atomic mass is 9.35. The topological polar surface area (TPSA) is 21.7 Å². The molecule has 0 fully saturated rings. The molecular weight excluding hydrogens is 746 g/mol. The maximum Gasteiger partial charge on any atom is 0.260 e. The number of hydrogen-bond acceptors (Lipinski definition) is 3. The first-order chi connectivity index (χ1) is 29.7. The zero-order chi connectivity index (χ0) is 39.4. The Balaban J connectivity index is 0.999. The second-order valence-electron chi connectivity index (χ2n) is 16.3. The first-order valence-corrected chi connectivity index (χ1v) is 22.8. The summed E-state index contributed by atoms with van der Waals surface area (Å²) in [5.41, 5.74) is 14.5. The summed E-state index contributed by atoms with van der Waals surface area (Å²) in [6, 6.07) is 75.9. The molecule has 0 unspecified atom stereocenters. The van der Waals surface area contributed by atoms with E-state index in [0.29, 0.717) is 0 Å². The van der Waals surface area contributed by atoms with E-state index in [-0.39, 0.29) is 6.71 Å². The number of para-hydroxylation sites is 3. The molecule has 0 bridgehead atoms. The van der Waals surface area contributed by atoms with Gasteiger partial charge in [0.25, 0.3) is 6.71 Å². The molecule has 280 valence electrons. The van der Waals surface area contributed by atoms with Gasteiger partial charge < -0.3 is 14.4 Å². The van der Waals surface area contributed by atoms with Crippen LogP contribution in [0.15, 0.2) is 206 Å². The van der Waals surface area contributed by atoms with E-state index >= 15 is 0 Å². The van der Waals surface area contributed by atoms with Crippen LogP contribution in [0.1, 0.15) is 11.1 Å². The molecule has 0 N–H and O–H groups in total. The fourth-order valence-electron chi connectivity index (χ4n) is 10.7. The molecular formula is C55H36BNO2Si. The van der Waals surface area contributed by atoms with E-state index in [1.165, 1.54) is 59.9 Å². The summed E-state index contributed by atoms with van der Waals surface area (Å²) in [6.07, 6.45) is 0.983. The van der Waals surface area contributed by atoms with Crippen molar-refractivity contribution in [1.82, 2.24) is 0 Å². The lowest BCUT2D eigenvalue weighted by Crippen LogP contribution is -2.77. The minimum Gasteiger partial charge on any atom is -0.458 e. The van der Waals surface area contributed by atoms with Crippen LogP contribution in [0, 0.1) is 0 Å². The molecule has 13 rings (SSSR count). The molecule has 0 atom stereocenters. The van der Waals surface area contributed by atoms with Crippen molar-refractivity contribution in [3.05, 3.63) is 217 Å². The van der Waals surface area contributed by atoms with E-state index in [0.717, 1.165) is 57.1 Å². The average Bonchev–Trinajstić information content (AvgIpc) is 3.69. The van der Waals surface area contributed by atoms with Crippen molar-refractivity contribution in [1.29, 1.82) is 0 Å². The molecule has 4 aliphatic rings. The van der Waals surface area contributed by atoms with E-state index in [9.17, 15) is 0 Å². The molecule has 3 nitrogen and oxygen atoms in total. The van der Waals surface area contributed by atoms with Gasteiger partial charge in [-0.1, -0.05) is 164 Å². The average molecular weight is 782 g/mol. The van der Waals surface area contributed by atoms with E-state index in [2.05, 4.69) is 211 Å². The minimum atomic E-state index is -2.76. The van der Waals surface area contributed by atoms with Crippen LogP contribution in [-0.2, 0) is 6.42 Å². The number of benzene rings is 9. The Morgan fingerprint density at radius 3 is 1.70 bits per heavy atom. The van der Waals surface area contributed by atoms with Crippen LogP contribution < -0.4 is 51.5 Å². The number of fused-ring (bicyclic) bond motifs is 9. The maximum absolute atomic E-state index is 7.14. The van der Waals surface area contributed by atoms with Crippen LogP contribution in [0.4, 0.5) is 17.1 Å². The van der Waals surface area contributed by atoms with Crippen LogP contribution in [-0.4, -0.2) is 14.8 Å². The summed E-state index contributed by atoms with van der Waals surface area (Å²) >= 11 is 0. The first kappa shape index (κ1) is 33.6. The molecule has 0 spiro atoms. The Morgan fingerprint density at radius 1 is 0.417 bits per heavy atom. The minimum absolute atomic E-state index is 0.0316. The van der Waals surface area contributed by atoms with Crippen molar-refractivity contribution < 1.29 is 9.47 Å². The van der Waals surface area contributed by atoms with Crippen molar-refractivity contribution >= 4 is 69.0 Å². The number of anilines is 3. The fourth-order valence-corrected chi connectivity index (χ4v) is 15.8. The number of ether oxygens (including phenoxy) is 2. The smallest absolute Gasteiger partial charge is 0.260 e. The van der Waals surface area contributed by atoms with Gasteiger partial charge in [-0.15, -0.1) is 0 Å². The lowest BCUT2D eigenvalue weighted by Gasteiger charge is -2.45. The molecule has 9 aromatic rings. The molecule has 0 aromatic heterocycles. The second kappa shape index (κ2) is 12.8. The molecule has 0 saturated heterocycles. The quantitative estimate of drug-likeness (QED) is 0.167. The van der Waals surface area contributed by atoms with Crippen LogP contribution in [0.5, 0.6) is 23.0 Å². The summed E-state index contributed by atoms with van der Waals surface area (Å²) in [6.45, 7) is -0.0316. The highest BCUT2D eigenvalue weighted by Gasteiger charge is 2.49. The monoisotopic (exact) mass is 781 g/mol. The second-order valence-corrected chi connectivity index (χ2v) is 20.1. The lowest BCUT2D eigenvalue weighted by molar-refractivity contribution is 0.465. The van der Waals surface area contributed by atoms with Crippen molar-refractivity contribution in [3.63, 3.8) is 0 Å². The summed E-state index contributed by atoms with van der Waals surface area (Å²) in [5, 5.41) is 5.43. The zero-order valence-electron chi connectivity index (χ0n) is 32.7. The predicted octanol–water partition coefficient (Wildman–Crippen LogP) is 8.81. The Bertz CT molecular complexity index is 3130. The molecule has 0 saturated carbocycles. The fraction of sp³-hybridized carbons (Fsp3) is 0.0182. The van der Waals surface area contributed by atoms with E-state index in [1.54, 1.807) is 0 Å². The SMILES string of the molecule is c1ccc([Si]2(c3ccccc3)c3ccccc3N(c3cc4c5c(c3)Oc3cc(-c6ccc7c(c6)-c6ccccc6C7)ccc3B5c3ccccc3O4)c3ccccc32)cc1. The van der Waals surface area contributed by atoms with Gasteiger partial charge in [0, 0.05) is 29.0 Å². The highest BCUT2D eigenvalue weighted by molar-refractivity contribution is 7.21. The predicted molar refractivity (Wildman–Crippen MR) is 250 cm³/mol. The third-order valence-electron chi connectivity index (χ3n) is 13.3. The van der Waals surface area contributed by atoms with Gasteiger partial charge in [0.05, 0.1) is 5.69 Å². The molecule has 0 amide bonds. The van der Waals surface area contributed by atoms with Crippen LogP contribution >= 0.6 is 0 Å². The van der Waals surface area contributed by atoms with Gasteiger partial charge in [0.15, 0.2) is 8.07 Å². The molecule has 9 aromatic carbocycles. The van der Waals surface area contributed by atoms with E-state index < -0.39 is 8.07 Å². The number of rotatable bonds is 4. The van der Waals surface area contributed by atoms with Gasteiger partial charge in [-0.25, -0.2) is 0 Å². The van der Waals surface area contributed by atoms with Crippen molar-refractivity contribution in [3.8, 4) is 45.3 Å². The van der Waals surface area contributed by atoms with Crippen molar-refractivity contribution in [2.45, 2.75) is 6.42 Å². The number of nitrogens with zero attached hydrogens (tertiary/aromatic N) is 1. The largest absolute Gasteiger partial charge is 0.458 e. The molecule has 60 heavy (non-hydrogen) atoms. The Labute approximate surface area is 350 Å². The summed E-state index contributed by atoms with van der Waals surface area (Å²) in [7, 11) is -2.76. The van der Waals surface area contributed by atoms with Crippen molar-refractivity contribution in [2.75, 3.05) is 4.90 Å². The third kappa shape index (κ3) is 4.72. The van der Waals surface area contributed by atoms with Gasteiger partial charge in [-0.2, -0.15) is 0 Å². The van der Waals surface area contributed by atoms with Gasteiger partial charge in [-0.3, -0.25) is 0 Å². The molecule has 0 radical (unpaired) electrons. The molecule has 3 heterocycles. The van der Waals surface area contributed by atoms with Crippen LogP contribution in [0.2, 0.25) is 0 Å². The Kier molecular flexibility index (Phi) is 7.19. The van der Waals surface area contributed by atoms with E-state index in [1.807, 2.05) is 0 Å². The van der Waals surface area contributed by atoms with Gasteiger partial charge in [0.2, 0.25) is 0 Å². The standard InChI is InChI=1S/C55H36BNO2Si/c1-3-16-41(17-4-1)60(42-18-5-2-6-19-42)53-25-13-10-22-47(53)57(48-23-11-14-26-54(48)60)40-34-51-55-52(35-40)59-50-33-37(29-30-46(50)56(55)45-21-9-12-24-49(45)58-51)36-27-28-39-31-38-15-7-8-20-43(38)44(39)32-36/h1-30,32-35H,31H2.